The highest BCUT2D eigenvalue weighted by Gasteiger charge is 2.50. The lowest BCUT2D eigenvalue weighted by atomic mass is 9.96. The van der Waals surface area contributed by atoms with Crippen molar-refractivity contribution in [2.45, 2.75) is 43.6 Å². The van der Waals surface area contributed by atoms with E-state index in [1.807, 2.05) is 0 Å². The highest BCUT2D eigenvalue weighted by Crippen LogP contribution is 2.37. The Hall–Kier alpha value is -3.17. The van der Waals surface area contributed by atoms with Gasteiger partial charge in [-0.15, -0.1) is 17.7 Å². The number of hydrogen-bond donors (Lipinski definition) is 1. The molecule has 1 saturated heterocycles. The van der Waals surface area contributed by atoms with Crippen molar-refractivity contribution in [3.63, 3.8) is 0 Å². The summed E-state index contributed by atoms with van der Waals surface area (Å²) in [6, 6.07) is 2.18. The summed E-state index contributed by atoms with van der Waals surface area (Å²) >= 11 is 7.82. The third-order valence-corrected chi connectivity index (χ3v) is 6.28. The van der Waals surface area contributed by atoms with Crippen LogP contribution in [0.1, 0.15) is 19.9 Å². The molecule has 1 fully saturated rings. The molecular formula is C23H20BrF3N4O6S. The van der Waals surface area contributed by atoms with Crippen molar-refractivity contribution in [3.05, 3.63) is 58.7 Å². The summed E-state index contributed by atoms with van der Waals surface area (Å²) in [6.07, 6.45) is 1.16. The van der Waals surface area contributed by atoms with Crippen molar-refractivity contribution in [1.82, 2.24) is 20.0 Å². The Kier molecular flexibility index (Phi) is 8.57. The second-order valence-corrected chi connectivity index (χ2v) is 9.62. The van der Waals surface area contributed by atoms with Crippen molar-refractivity contribution in [3.8, 4) is 17.0 Å². The molecule has 5 atom stereocenters. The number of ether oxygens (including phenoxy) is 4. The van der Waals surface area contributed by atoms with Gasteiger partial charge in [-0.2, -0.15) is 0 Å². The van der Waals surface area contributed by atoms with E-state index in [0.29, 0.717) is 10.2 Å². The number of hydrogen-bond acceptors (Lipinski definition) is 10. The lowest BCUT2D eigenvalue weighted by molar-refractivity contribution is -0.200. The summed E-state index contributed by atoms with van der Waals surface area (Å²) in [7, 11) is 0. The van der Waals surface area contributed by atoms with Crippen LogP contribution in [-0.4, -0.2) is 62.3 Å². The number of aromatic nitrogens is 4. The molecule has 1 aromatic carbocycles. The standard InChI is InChI=1S/C23H20BrF3N4O6S/c1-10(32)34-9-18-21(35-11(2)33)20(22(23(38)37-18)36-14-5-13(24)6-28-7-14)31-8-17(29-30-31)12-3-15(25)19(27)16(26)4-12/h3-8,18,20-23,38H,9H2,1-2H3/t18-,20+,21+,22-,23-/m0/s1. The third kappa shape index (κ3) is 6.27. The minimum atomic E-state index is -1.62. The molecule has 0 N–H and O–H groups in total. The molecule has 4 rings (SSSR count). The first-order chi connectivity index (χ1) is 18.0. The van der Waals surface area contributed by atoms with E-state index in [9.17, 15) is 22.8 Å². The Bertz CT molecular complexity index is 1320. The third-order valence-electron chi connectivity index (χ3n) is 5.44. The zero-order chi connectivity index (χ0) is 27.6. The van der Waals surface area contributed by atoms with Gasteiger partial charge in [-0.05, 0) is 34.1 Å². The molecule has 38 heavy (non-hydrogen) atoms. The van der Waals surface area contributed by atoms with E-state index in [2.05, 4.69) is 43.9 Å². The fraction of sp³-hybridized carbons (Fsp3) is 0.348. The van der Waals surface area contributed by atoms with E-state index in [4.69, 9.17) is 18.9 Å². The Morgan fingerprint density at radius 3 is 2.45 bits per heavy atom. The maximum absolute atomic E-state index is 13.9. The molecule has 3 heterocycles. The molecule has 2 aromatic heterocycles. The Labute approximate surface area is 228 Å². The van der Waals surface area contributed by atoms with Crippen LogP contribution in [0.25, 0.3) is 11.3 Å². The summed E-state index contributed by atoms with van der Waals surface area (Å²) in [5, 5.41) is 8.02. The first-order valence-electron chi connectivity index (χ1n) is 11.0. The van der Waals surface area contributed by atoms with Crippen molar-refractivity contribution in [2.75, 3.05) is 6.61 Å². The molecule has 0 radical (unpaired) electrons. The van der Waals surface area contributed by atoms with Crippen LogP contribution in [0.2, 0.25) is 0 Å². The van der Waals surface area contributed by atoms with Crippen LogP contribution in [-0.2, 0) is 23.8 Å². The molecule has 0 spiro atoms. The predicted octanol–water partition coefficient (Wildman–Crippen LogP) is 3.66. The first kappa shape index (κ1) is 27.9. The summed E-state index contributed by atoms with van der Waals surface area (Å²) in [5.74, 6) is -5.40. The Balaban J connectivity index is 1.77. The van der Waals surface area contributed by atoms with Gasteiger partial charge in [0.1, 0.15) is 35.6 Å². The van der Waals surface area contributed by atoms with E-state index in [0.717, 1.165) is 12.1 Å². The molecule has 0 aliphatic carbocycles. The second kappa shape index (κ2) is 11.7. The fourth-order valence-corrected chi connectivity index (χ4v) is 4.62. The fourth-order valence-electron chi connectivity index (χ4n) is 3.88. The van der Waals surface area contributed by atoms with E-state index >= 15 is 0 Å². The lowest BCUT2D eigenvalue weighted by Gasteiger charge is -2.44. The van der Waals surface area contributed by atoms with Crippen LogP contribution < -0.4 is 4.74 Å². The molecule has 0 unspecified atom stereocenters. The van der Waals surface area contributed by atoms with Crippen LogP contribution in [0.4, 0.5) is 13.2 Å². The number of pyridine rings is 1. The molecule has 0 bridgehead atoms. The van der Waals surface area contributed by atoms with E-state index in [-0.39, 0.29) is 17.9 Å². The number of nitrogens with zero attached hydrogens (tertiary/aromatic N) is 4. The molecule has 0 amide bonds. The minimum Gasteiger partial charge on any atom is -0.483 e. The number of esters is 2. The van der Waals surface area contributed by atoms with Crippen molar-refractivity contribution in [2.24, 2.45) is 0 Å². The highest BCUT2D eigenvalue weighted by molar-refractivity contribution is 9.10. The van der Waals surface area contributed by atoms with Gasteiger partial charge in [0.2, 0.25) is 0 Å². The summed E-state index contributed by atoms with van der Waals surface area (Å²) < 4.78 is 65.7. The van der Waals surface area contributed by atoms with Gasteiger partial charge in [-0.25, -0.2) is 17.9 Å². The molecule has 1 aliphatic heterocycles. The number of thiol groups is 1. The Morgan fingerprint density at radius 2 is 1.82 bits per heavy atom. The monoisotopic (exact) mass is 616 g/mol. The van der Waals surface area contributed by atoms with Gasteiger partial charge < -0.3 is 18.9 Å². The maximum atomic E-state index is 13.9. The molecular weight excluding hydrogens is 597 g/mol. The molecule has 15 heteroatoms. The van der Waals surface area contributed by atoms with Crippen LogP contribution >= 0.6 is 28.6 Å². The number of carbonyl (C=O) groups is 2. The molecule has 202 valence electrons. The van der Waals surface area contributed by atoms with Gasteiger partial charge in [0, 0.05) is 30.1 Å². The topological polar surface area (TPSA) is 115 Å². The molecule has 3 aromatic rings. The summed E-state index contributed by atoms with van der Waals surface area (Å²) in [4.78, 5) is 27.6. The van der Waals surface area contributed by atoms with Gasteiger partial charge in [0.25, 0.3) is 0 Å². The van der Waals surface area contributed by atoms with Gasteiger partial charge >= 0.3 is 11.9 Å². The average molecular weight is 617 g/mol. The lowest BCUT2D eigenvalue weighted by Crippen LogP contribution is -2.58. The van der Waals surface area contributed by atoms with E-state index in [1.54, 1.807) is 12.3 Å². The van der Waals surface area contributed by atoms with Crippen LogP contribution in [0.3, 0.4) is 0 Å². The van der Waals surface area contributed by atoms with E-state index in [1.165, 1.54) is 30.9 Å². The van der Waals surface area contributed by atoms with Gasteiger partial charge in [-0.1, -0.05) is 5.21 Å². The second-order valence-electron chi connectivity index (χ2n) is 8.19. The van der Waals surface area contributed by atoms with Crippen LogP contribution in [0.5, 0.6) is 5.75 Å². The molecule has 1 aliphatic rings. The minimum absolute atomic E-state index is 0.00834. The smallest absolute Gasteiger partial charge is 0.303 e. The zero-order valence-electron chi connectivity index (χ0n) is 19.8. The highest BCUT2D eigenvalue weighted by atomic mass is 79.9. The zero-order valence-corrected chi connectivity index (χ0v) is 22.2. The number of halogens is 4. The van der Waals surface area contributed by atoms with Crippen molar-refractivity contribution < 1.29 is 41.7 Å². The van der Waals surface area contributed by atoms with Crippen molar-refractivity contribution in [1.29, 1.82) is 0 Å². The van der Waals surface area contributed by atoms with E-state index < -0.39 is 59.2 Å². The SMILES string of the molecule is CC(=O)OC[C@@H]1O[C@@H](S)[C@@H](Oc2cncc(Br)c2)[C@H](n2cc(-c3cc(F)c(F)c(F)c3)nn2)[C@@H]1OC(C)=O. The molecule has 10 nitrogen and oxygen atoms in total. The first-order valence-corrected chi connectivity index (χ1v) is 12.3. The van der Waals surface area contributed by atoms with Gasteiger partial charge in [-0.3, -0.25) is 14.6 Å². The van der Waals surface area contributed by atoms with Gasteiger partial charge in [0.05, 0.1) is 12.4 Å². The average Bonchev–Trinajstić information content (AvgIpc) is 3.33. The predicted molar refractivity (Wildman–Crippen MR) is 131 cm³/mol. The number of benzene rings is 1. The normalized spacial score (nSPS) is 23.1. The van der Waals surface area contributed by atoms with Crippen molar-refractivity contribution >= 4 is 40.5 Å². The number of rotatable bonds is 7. The van der Waals surface area contributed by atoms with Gasteiger partial charge in [0.15, 0.2) is 29.7 Å². The van der Waals surface area contributed by atoms with Crippen LogP contribution in [0, 0.1) is 17.5 Å². The van der Waals surface area contributed by atoms with Crippen LogP contribution in [0.15, 0.2) is 41.3 Å². The number of carbonyl (C=O) groups excluding carboxylic acids is 2. The summed E-state index contributed by atoms with van der Waals surface area (Å²) in [6.45, 7) is 2.09. The Morgan fingerprint density at radius 1 is 1.11 bits per heavy atom. The maximum Gasteiger partial charge on any atom is 0.303 e. The largest absolute Gasteiger partial charge is 0.483 e. The summed E-state index contributed by atoms with van der Waals surface area (Å²) in [5.41, 5.74) is -1.07. The molecule has 0 saturated carbocycles. The quantitative estimate of drug-likeness (QED) is 0.241.